The van der Waals surface area contributed by atoms with Gasteiger partial charge >= 0.3 is 0 Å². The Bertz CT molecular complexity index is 738. The first-order valence-corrected chi connectivity index (χ1v) is 7.40. The summed E-state index contributed by atoms with van der Waals surface area (Å²) in [6.45, 7) is 0.737. The summed E-state index contributed by atoms with van der Waals surface area (Å²) in [5, 5.41) is 11.1. The molecule has 0 amide bonds. The zero-order valence-electron chi connectivity index (χ0n) is 11.9. The molecular formula is C17H16N4S. The molecule has 22 heavy (non-hydrogen) atoms. The molecule has 2 N–H and O–H groups in total. The first-order chi connectivity index (χ1) is 10.8. The van der Waals surface area contributed by atoms with Crippen molar-refractivity contribution in [3.63, 3.8) is 0 Å². The Kier molecular flexibility index (Phi) is 4.46. The van der Waals surface area contributed by atoms with Gasteiger partial charge in [0.2, 0.25) is 0 Å². The molecule has 2 aromatic carbocycles. The molecule has 1 heterocycles. The molecule has 110 valence electrons. The van der Waals surface area contributed by atoms with Gasteiger partial charge in [0.25, 0.3) is 0 Å². The van der Waals surface area contributed by atoms with Gasteiger partial charge in [-0.1, -0.05) is 30.3 Å². The van der Waals surface area contributed by atoms with Gasteiger partial charge in [0, 0.05) is 23.8 Å². The third kappa shape index (κ3) is 3.93. The zero-order chi connectivity index (χ0) is 15.2. The first kappa shape index (κ1) is 14.3. The van der Waals surface area contributed by atoms with Crippen molar-refractivity contribution in [1.29, 1.82) is 0 Å². The van der Waals surface area contributed by atoms with E-state index < -0.39 is 0 Å². The number of hydrogen-bond donors (Lipinski definition) is 2. The molecule has 0 aliphatic rings. The van der Waals surface area contributed by atoms with Gasteiger partial charge < -0.3 is 10.6 Å². The molecule has 0 fully saturated rings. The van der Waals surface area contributed by atoms with Crippen LogP contribution < -0.4 is 10.6 Å². The highest BCUT2D eigenvalue weighted by atomic mass is 32.1. The summed E-state index contributed by atoms with van der Waals surface area (Å²) in [6.07, 6.45) is 3.72. The molecule has 3 rings (SSSR count). The van der Waals surface area contributed by atoms with Gasteiger partial charge in [-0.2, -0.15) is 5.10 Å². The van der Waals surface area contributed by atoms with Gasteiger partial charge in [0.15, 0.2) is 5.11 Å². The van der Waals surface area contributed by atoms with Crippen LogP contribution in [-0.2, 0) is 6.54 Å². The quantitative estimate of drug-likeness (QED) is 0.721. The lowest BCUT2D eigenvalue weighted by Crippen LogP contribution is -2.19. The second-order valence-corrected chi connectivity index (χ2v) is 5.26. The van der Waals surface area contributed by atoms with Crippen LogP contribution in [0.5, 0.6) is 0 Å². The minimum atomic E-state index is 0.572. The molecule has 0 saturated heterocycles. The van der Waals surface area contributed by atoms with Crippen molar-refractivity contribution in [3.8, 4) is 0 Å². The Balaban J connectivity index is 1.63. The van der Waals surface area contributed by atoms with Crippen molar-refractivity contribution < 1.29 is 0 Å². The second-order valence-electron chi connectivity index (χ2n) is 4.85. The normalized spacial score (nSPS) is 10.2. The van der Waals surface area contributed by atoms with E-state index in [0.717, 1.165) is 23.5 Å². The SMILES string of the molecule is S=C(Nc1ccccc1)Nc1cccc(Cn2cccn2)c1. The largest absolute Gasteiger partial charge is 0.332 e. The molecule has 0 radical (unpaired) electrons. The monoisotopic (exact) mass is 308 g/mol. The number of aromatic nitrogens is 2. The van der Waals surface area contributed by atoms with Crippen LogP contribution >= 0.6 is 12.2 Å². The van der Waals surface area contributed by atoms with Crippen LogP contribution in [0, 0.1) is 0 Å². The lowest BCUT2D eigenvalue weighted by molar-refractivity contribution is 0.687. The summed E-state index contributed by atoms with van der Waals surface area (Å²) in [6, 6.07) is 19.9. The average Bonchev–Trinajstić information content (AvgIpc) is 3.01. The molecule has 0 unspecified atom stereocenters. The van der Waals surface area contributed by atoms with Crippen molar-refractivity contribution in [1.82, 2.24) is 9.78 Å². The molecule has 0 bridgehead atoms. The minimum Gasteiger partial charge on any atom is -0.332 e. The third-order valence-electron chi connectivity index (χ3n) is 3.12. The van der Waals surface area contributed by atoms with E-state index in [1.54, 1.807) is 6.20 Å². The van der Waals surface area contributed by atoms with Crippen LogP contribution in [0.25, 0.3) is 0 Å². The molecule has 3 aromatic rings. The van der Waals surface area contributed by atoms with E-state index in [-0.39, 0.29) is 0 Å². The van der Waals surface area contributed by atoms with Gasteiger partial charge in [-0.15, -0.1) is 0 Å². The Morgan fingerprint density at radius 2 is 1.73 bits per heavy atom. The minimum absolute atomic E-state index is 0.572. The number of thiocarbonyl (C=S) groups is 1. The number of benzene rings is 2. The highest BCUT2D eigenvalue weighted by molar-refractivity contribution is 7.80. The van der Waals surface area contributed by atoms with Crippen LogP contribution in [0.4, 0.5) is 11.4 Å². The van der Waals surface area contributed by atoms with Crippen molar-refractivity contribution >= 4 is 28.7 Å². The number of nitrogens with zero attached hydrogens (tertiary/aromatic N) is 2. The fraction of sp³-hybridized carbons (Fsp3) is 0.0588. The smallest absolute Gasteiger partial charge is 0.175 e. The first-order valence-electron chi connectivity index (χ1n) is 6.99. The summed E-state index contributed by atoms with van der Waals surface area (Å²) < 4.78 is 1.89. The Morgan fingerprint density at radius 1 is 0.955 bits per heavy atom. The number of anilines is 2. The highest BCUT2D eigenvalue weighted by Crippen LogP contribution is 2.13. The molecule has 0 saturated carbocycles. The maximum atomic E-state index is 5.34. The third-order valence-corrected chi connectivity index (χ3v) is 3.32. The average molecular weight is 308 g/mol. The lowest BCUT2D eigenvalue weighted by atomic mass is 10.2. The van der Waals surface area contributed by atoms with Gasteiger partial charge in [-0.05, 0) is 48.1 Å². The van der Waals surface area contributed by atoms with E-state index in [0.29, 0.717) is 5.11 Å². The molecule has 0 aliphatic heterocycles. The standard InChI is InChI=1S/C17H16N4S/c22-17(19-15-7-2-1-3-8-15)20-16-9-4-6-14(12-16)13-21-11-5-10-18-21/h1-12H,13H2,(H2,19,20,22). The Labute approximate surface area is 134 Å². The van der Waals surface area contributed by atoms with Gasteiger partial charge in [-0.3, -0.25) is 4.68 Å². The molecule has 0 spiro atoms. The predicted molar refractivity (Wildman–Crippen MR) is 94.1 cm³/mol. The van der Waals surface area contributed by atoms with E-state index in [4.69, 9.17) is 12.2 Å². The molecular weight excluding hydrogens is 292 g/mol. The van der Waals surface area contributed by atoms with Crippen LogP contribution in [0.1, 0.15) is 5.56 Å². The number of rotatable bonds is 4. The van der Waals surface area contributed by atoms with E-state index in [2.05, 4.69) is 27.9 Å². The zero-order valence-corrected chi connectivity index (χ0v) is 12.8. The van der Waals surface area contributed by atoms with Gasteiger partial charge in [0.05, 0.1) is 6.54 Å². The van der Waals surface area contributed by atoms with Crippen molar-refractivity contribution in [2.45, 2.75) is 6.54 Å². The number of hydrogen-bond acceptors (Lipinski definition) is 2. The molecule has 5 heteroatoms. The van der Waals surface area contributed by atoms with E-state index in [1.807, 2.05) is 59.4 Å². The van der Waals surface area contributed by atoms with Gasteiger partial charge in [-0.25, -0.2) is 0 Å². The van der Waals surface area contributed by atoms with E-state index >= 15 is 0 Å². The van der Waals surface area contributed by atoms with Crippen LogP contribution in [0.2, 0.25) is 0 Å². The summed E-state index contributed by atoms with van der Waals surface area (Å²) in [5.74, 6) is 0. The van der Waals surface area contributed by atoms with Crippen LogP contribution in [0.3, 0.4) is 0 Å². The highest BCUT2D eigenvalue weighted by Gasteiger charge is 2.01. The maximum Gasteiger partial charge on any atom is 0.175 e. The molecule has 1 aromatic heterocycles. The Hall–Kier alpha value is -2.66. The molecule has 4 nitrogen and oxygen atoms in total. The predicted octanol–water partition coefficient (Wildman–Crippen LogP) is 3.74. The second kappa shape index (κ2) is 6.87. The number of para-hydroxylation sites is 1. The number of nitrogens with one attached hydrogen (secondary N) is 2. The van der Waals surface area contributed by atoms with E-state index in [9.17, 15) is 0 Å². The summed E-state index contributed by atoms with van der Waals surface area (Å²) in [4.78, 5) is 0. The molecule has 0 atom stereocenters. The van der Waals surface area contributed by atoms with Crippen molar-refractivity contribution in [2.75, 3.05) is 10.6 Å². The summed E-state index contributed by atoms with van der Waals surface area (Å²) in [5.41, 5.74) is 3.09. The fourth-order valence-electron chi connectivity index (χ4n) is 2.14. The molecule has 0 aliphatic carbocycles. The summed E-state index contributed by atoms with van der Waals surface area (Å²) >= 11 is 5.34. The van der Waals surface area contributed by atoms with Crippen LogP contribution in [-0.4, -0.2) is 14.9 Å². The maximum absolute atomic E-state index is 5.34. The van der Waals surface area contributed by atoms with Crippen LogP contribution in [0.15, 0.2) is 73.1 Å². The Morgan fingerprint density at radius 3 is 2.50 bits per heavy atom. The topological polar surface area (TPSA) is 41.9 Å². The van der Waals surface area contributed by atoms with E-state index in [1.165, 1.54) is 0 Å². The van der Waals surface area contributed by atoms with Gasteiger partial charge in [0.1, 0.15) is 0 Å². The van der Waals surface area contributed by atoms with Crippen molar-refractivity contribution in [3.05, 3.63) is 78.6 Å². The summed E-state index contributed by atoms with van der Waals surface area (Å²) in [7, 11) is 0. The van der Waals surface area contributed by atoms with Crippen molar-refractivity contribution in [2.24, 2.45) is 0 Å². The lowest BCUT2D eigenvalue weighted by Gasteiger charge is -2.11. The fourth-order valence-corrected chi connectivity index (χ4v) is 2.38.